The smallest absolute Gasteiger partial charge is 0.251 e. The lowest BCUT2D eigenvalue weighted by atomic mass is 9.95. The molecule has 2 aromatic heterocycles. The van der Waals surface area contributed by atoms with Crippen LogP contribution >= 0.6 is 0 Å². The van der Waals surface area contributed by atoms with Crippen molar-refractivity contribution in [3.8, 4) is 17.1 Å². The molecule has 31 heavy (non-hydrogen) atoms. The number of carbonyl (C=O) groups is 1. The van der Waals surface area contributed by atoms with Gasteiger partial charge >= 0.3 is 0 Å². The van der Waals surface area contributed by atoms with Crippen LogP contribution in [0.3, 0.4) is 0 Å². The fourth-order valence-electron chi connectivity index (χ4n) is 4.61. The van der Waals surface area contributed by atoms with Gasteiger partial charge in [0.15, 0.2) is 5.65 Å². The number of ether oxygens (including phenoxy) is 1. The molecule has 2 saturated carbocycles. The van der Waals surface area contributed by atoms with Crippen LogP contribution in [0.4, 0.5) is 0 Å². The first-order valence-corrected chi connectivity index (χ1v) is 11.3. The van der Waals surface area contributed by atoms with Crippen molar-refractivity contribution in [1.29, 1.82) is 0 Å². The molecule has 0 unspecified atom stereocenters. The van der Waals surface area contributed by atoms with Gasteiger partial charge < -0.3 is 15.2 Å². The third-order valence-corrected chi connectivity index (χ3v) is 6.38. The maximum atomic E-state index is 12.7. The Hall–Kier alpha value is -2.93. The summed E-state index contributed by atoms with van der Waals surface area (Å²) in [4.78, 5) is 17.2. The summed E-state index contributed by atoms with van der Waals surface area (Å²) >= 11 is 0. The fraction of sp³-hybridized carbons (Fsp3) is 0.458. The number of amides is 1. The van der Waals surface area contributed by atoms with E-state index in [9.17, 15) is 9.90 Å². The van der Waals surface area contributed by atoms with Gasteiger partial charge in [-0.2, -0.15) is 0 Å². The maximum absolute atomic E-state index is 12.7. The number of nitrogens with zero attached hydrogens (tertiary/aromatic N) is 3. The van der Waals surface area contributed by atoms with Gasteiger partial charge in [-0.25, -0.2) is 9.50 Å². The average molecular weight is 421 g/mol. The Morgan fingerprint density at radius 2 is 1.87 bits per heavy atom. The van der Waals surface area contributed by atoms with Crippen molar-refractivity contribution >= 4 is 11.6 Å². The molecule has 0 spiro atoms. The van der Waals surface area contributed by atoms with Crippen LogP contribution in [0.25, 0.3) is 16.9 Å². The van der Waals surface area contributed by atoms with Crippen LogP contribution in [0.15, 0.2) is 42.6 Å². The van der Waals surface area contributed by atoms with Crippen LogP contribution in [-0.2, 0) is 0 Å². The molecular formula is C24H28N4O3. The van der Waals surface area contributed by atoms with Crippen molar-refractivity contribution in [1.82, 2.24) is 19.9 Å². The molecule has 1 aromatic carbocycles. The summed E-state index contributed by atoms with van der Waals surface area (Å²) in [7, 11) is 0. The zero-order chi connectivity index (χ0) is 21.2. The number of imidazole rings is 1. The van der Waals surface area contributed by atoms with Crippen molar-refractivity contribution in [2.45, 2.75) is 69.6 Å². The van der Waals surface area contributed by atoms with E-state index in [1.807, 2.05) is 36.4 Å². The lowest BCUT2D eigenvalue weighted by Crippen LogP contribution is -2.32. The van der Waals surface area contributed by atoms with E-state index in [4.69, 9.17) is 4.74 Å². The third-order valence-electron chi connectivity index (χ3n) is 6.38. The molecule has 2 heterocycles. The van der Waals surface area contributed by atoms with E-state index in [1.165, 1.54) is 12.8 Å². The molecule has 3 aromatic rings. The molecule has 0 aliphatic heterocycles. The van der Waals surface area contributed by atoms with Crippen molar-refractivity contribution in [3.05, 3.63) is 48.2 Å². The molecule has 2 N–H and O–H groups in total. The topological polar surface area (TPSA) is 88.8 Å². The SMILES string of the molecule is O=C(NC1CCCC1)c1cccc(-c2cnc3ccc(OC4CCC(O)CC4)nn23)c1. The summed E-state index contributed by atoms with van der Waals surface area (Å²) in [5, 5.41) is 17.5. The molecule has 7 heteroatoms. The Bertz CT molecular complexity index is 1070. The lowest BCUT2D eigenvalue weighted by Gasteiger charge is -2.25. The first kappa shape index (κ1) is 20.0. The van der Waals surface area contributed by atoms with E-state index in [1.54, 1.807) is 10.7 Å². The highest BCUT2D eigenvalue weighted by atomic mass is 16.5. The number of aliphatic hydroxyl groups is 1. The van der Waals surface area contributed by atoms with Gasteiger partial charge in [0.1, 0.15) is 6.10 Å². The number of aromatic nitrogens is 3. The molecule has 2 aliphatic carbocycles. The molecule has 5 rings (SSSR count). The van der Waals surface area contributed by atoms with Crippen LogP contribution in [0.1, 0.15) is 61.7 Å². The number of nitrogens with one attached hydrogen (secondary N) is 1. The molecule has 162 valence electrons. The Morgan fingerprint density at radius 3 is 2.68 bits per heavy atom. The van der Waals surface area contributed by atoms with E-state index in [2.05, 4.69) is 15.4 Å². The normalized spacial score (nSPS) is 22.0. The molecule has 1 amide bonds. The Kier molecular flexibility index (Phi) is 5.59. The number of carbonyl (C=O) groups excluding carboxylic acids is 1. The van der Waals surface area contributed by atoms with Gasteiger partial charge in [-0.3, -0.25) is 4.79 Å². The number of hydrogen-bond donors (Lipinski definition) is 2. The summed E-state index contributed by atoms with van der Waals surface area (Å²) in [6.07, 6.45) is 9.31. The zero-order valence-corrected chi connectivity index (χ0v) is 17.5. The molecule has 7 nitrogen and oxygen atoms in total. The third kappa shape index (κ3) is 4.42. The zero-order valence-electron chi connectivity index (χ0n) is 17.5. The minimum Gasteiger partial charge on any atom is -0.473 e. The molecule has 2 aliphatic rings. The van der Waals surface area contributed by atoms with Gasteiger partial charge in [-0.15, -0.1) is 5.10 Å². The van der Waals surface area contributed by atoms with Crippen LogP contribution in [0, 0.1) is 0 Å². The van der Waals surface area contributed by atoms with E-state index < -0.39 is 0 Å². The van der Waals surface area contributed by atoms with Gasteiger partial charge in [0, 0.05) is 23.2 Å². The highest BCUT2D eigenvalue weighted by molar-refractivity contribution is 5.95. The monoisotopic (exact) mass is 420 g/mol. The minimum atomic E-state index is -0.214. The standard InChI is InChI=1S/C24H28N4O3/c29-19-8-10-20(11-9-19)31-23-13-12-22-25-15-21(28(22)27-23)16-4-3-5-17(14-16)24(30)26-18-6-1-2-7-18/h3-5,12-15,18-20,29H,1-2,6-11H2,(H,26,30). The van der Waals surface area contributed by atoms with Gasteiger partial charge in [-0.1, -0.05) is 25.0 Å². The molecule has 2 fully saturated rings. The van der Waals surface area contributed by atoms with Crippen molar-refractivity contribution in [2.75, 3.05) is 0 Å². The second-order valence-corrected chi connectivity index (χ2v) is 8.67. The predicted octanol–water partition coefficient (Wildman–Crippen LogP) is 3.75. The number of hydrogen-bond acceptors (Lipinski definition) is 5. The number of aliphatic hydroxyl groups excluding tert-OH is 1. The summed E-state index contributed by atoms with van der Waals surface area (Å²) in [6, 6.07) is 11.6. The highest BCUT2D eigenvalue weighted by Crippen LogP contribution is 2.26. The summed E-state index contributed by atoms with van der Waals surface area (Å²) < 4.78 is 7.84. The molecular weight excluding hydrogens is 392 g/mol. The second kappa shape index (κ2) is 8.67. The summed E-state index contributed by atoms with van der Waals surface area (Å²) in [5.41, 5.74) is 3.07. The lowest BCUT2D eigenvalue weighted by molar-refractivity contribution is 0.0637. The van der Waals surface area contributed by atoms with Crippen LogP contribution in [0.2, 0.25) is 0 Å². The van der Waals surface area contributed by atoms with Crippen molar-refractivity contribution in [3.63, 3.8) is 0 Å². The molecule has 0 atom stereocenters. The molecule has 0 bridgehead atoms. The van der Waals surface area contributed by atoms with E-state index >= 15 is 0 Å². The average Bonchev–Trinajstić information content (AvgIpc) is 3.45. The summed E-state index contributed by atoms with van der Waals surface area (Å²) in [5.74, 6) is 0.516. The van der Waals surface area contributed by atoms with E-state index in [0.29, 0.717) is 11.4 Å². The molecule has 0 radical (unpaired) electrons. The van der Waals surface area contributed by atoms with E-state index in [-0.39, 0.29) is 24.2 Å². The van der Waals surface area contributed by atoms with Gasteiger partial charge in [-0.05, 0) is 56.7 Å². The predicted molar refractivity (Wildman–Crippen MR) is 117 cm³/mol. The summed E-state index contributed by atoms with van der Waals surface area (Å²) in [6.45, 7) is 0. The van der Waals surface area contributed by atoms with E-state index in [0.717, 1.165) is 55.4 Å². The highest BCUT2D eigenvalue weighted by Gasteiger charge is 2.22. The number of benzene rings is 1. The Labute approximate surface area is 181 Å². The van der Waals surface area contributed by atoms with Crippen LogP contribution in [-0.4, -0.2) is 43.9 Å². The Morgan fingerprint density at radius 1 is 1.06 bits per heavy atom. The largest absolute Gasteiger partial charge is 0.473 e. The first-order chi connectivity index (χ1) is 15.2. The van der Waals surface area contributed by atoms with Crippen LogP contribution < -0.4 is 10.1 Å². The maximum Gasteiger partial charge on any atom is 0.251 e. The van der Waals surface area contributed by atoms with Gasteiger partial charge in [0.2, 0.25) is 5.88 Å². The quantitative estimate of drug-likeness (QED) is 0.656. The Balaban J connectivity index is 1.37. The molecule has 0 saturated heterocycles. The minimum absolute atomic E-state index is 0.0287. The van der Waals surface area contributed by atoms with Gasteiger partial charge in [0.05, 0.1) is 18.0 Å². The fourth-order valence-corrected chi connectivity index (χ4v) is 4.61. The second-order valence-electron chi connectivity index (χ2n) is 8.67. The van der Waals surface area contributed by atoms with Crippen LogP contribution in [0.5, 0.6) is 5.88 Å². The van der Waals surface area contributed by atoms with Crippen molar-refractivity contribution < 1.29 is 14.6 Å². The first-order valence-electron chi connectivity index (χ1n) is 11.3. The van der Waals surface area contributed by atoms with Crippen molar-refractivity contribution in [2.24, 2.45) is 0 Å². The number of fused-ring (bicyclic) bond motifs is 1. The van der Waals surface area contributed by atoms with Gasteiger partial charge in [0.25, 0.3) is 5.91 Å². The number of rotatable bonds is 5.